The van der Waals surface area contributed by atoms with E-state index < -0.39 is 17.4 Å². The van der Waals surface area contributed by atoms with Crippen molar-refractivity contribution in [2.75, 3.05) is 11.9 Å². The second kappa shape index (κ2) is 7.38. The summed E-state index contributed by atoms with van der Waals surface area (Å²) in [6.45, 7) is 4.00. The molecule has 1 atom stereocenters. The molecule has 5 rings (SSSR count). The van der Waals surface area contributed by atoms with Crippen LogP contribution in [0.5, 0.6) is 5.75 Å². The number of alkyl halides is 1. The molecule has 0 saturated carbocycles. The Balaban J connectivity index is 1.74. The van der Waals surface area contributed by atoms with Crippen LogP contribution < -0.4 is 10.3 Å². The van der Waals surface area contributed by atoms with Crippen molar-refractivity contribution in [1.82, 2.24) is 9.55 Å². The Morgan fingerprint density at radius 3 is 2.81 bits per heavy atom. The third-order valence-electron chi connectivity index (χ3n) is 6.36. The second-order valence-corrected chi connectivity index (χ2v) is 8.80. The number of fused-ring (bicyclic) bond motifs is 5. The molecule has 166 valence electrons. The molecule has 0 spiro atoms. The van der Waals surface area contributed by atoms with Gasteiger partial charge in [0, 0.05) is 27.9 Å². The highest BCUT2D eigenvalue weighted by atomic mass is 79.9. The Bertz CT molecular complexity index is 1370. The lowest BCUT2D eigenvalue weighted by Crippen LogP contribution is -2.44. The molecule has 0 radical (unpaired) electrons. The van der Waals surface area contributed by atoms with E-state index in [2.05, 4.69) is 20.9 Å². The fourth-order valence-electron chi connectivity index (χ4n) is 4.54. The maximum absolute atomic E-state index is 14.6. The Labute approximate surface area is 190 Å². The van der Waals surface area contributed by atoms with E-state index in [9.17, 15) is 19.1 Å². The first-order valence-electron chi connectivity index (χ1n) is 10.3. The molecule has 4 heterocycles. The van der Waals surface area contributed by atoms with Gasteiger partial charge in [0.1, 0.15) is 6.61 Å². The number of aryl methyl sites for hydroxylation is 1. The predicted molar refractivity (Wildman–Crippen MR) is 119 cm³/mol. The normalized spacial score (nSPS) is 18.8. The van der Waals surface area contributed by atoms with Crippen LogP contribution in [0.1, 0.15) is 35.6 Å². The zero-order valence-electron chi connectivity index (χ0n) is 17.5. The molecule has 0 aliphatic carbocycles. The van der Waals surface area contributed by atoms with Gasteiger partial charge >= 0.3 is 5.97 Å². The van der Waals surface area contributed by atoms with Crippen LogP contribution >= 0.6 is 15.9 Å². The zero-order valence-corrected chi connectivity index (χ0v) is 19.1. The van der Waals surface area contributed by atoms with E-state index in [0.29, 0.717) is 35.4 Å². The molecule has 1 aromatic carbocycles. The SMILES string of the molecule is CC[C@@]1(O)C(=O)OCc2c1cc1n(c2=O)Cc2c-1nc1cc(F)c(OCCBr)cc1c2C. The van der Waals surface area contributed by atoms with Gasteiger partial charge in [-0.15, -0.1) is 0 Å². The predicted octanol–water partition coefficient (Wildman–Crippen LogP) is 3.30. The average Bonchev–Trinajstić information content (AvgIpc) is 3.15. The summed E-state index contributed by atoms with van der Waals surface area (Å²) in [7, 11) is 0. The smallest absolute Gasteiger partial charge is 0.343 e. The summed E-state index contributed by atoms with van der Waals surface area (Å²) in [5.74, 6) is -1.14. The van der Waals surface area contributed by atoms with Crippen molar-refractivity contribution in [3.63, 3.8) is 0 Å². The number of hydrogen-bond donors (Lipinski definition) is 1. The van der Waals surface area contributed by atoms with Crippen molar-refractivity contribution in [2.24, 2.45) is 0 Å². The number of aromatic nitrogens is 2. The Morgan fingerprint density at radius 2 is 2.09 bits per heavy atom. The van der Waals surface area contributed by atoms with E-state index >= 15 is 0 Å². The first kappa shape index (κ1) is 21.1. The second-order valence-electron chi connectivity index (χ2n) is 8.00. The maximum Gasteiger partial charge on any atom is 0.343 e. The summed E-state index contributed by atoms with van der Waals surface area (Å²) < 4.78 is 26.7. The van der Waals surface area contributed by atoms with E-state index in [0.717, 1.165) is 16.5 Å². The van der Waals surface area contributed by atoms with Crippen LogP contribution in [0.4, 0.5) is 4.39 Å². The van der Waals surface area contributed by atoms with Gasteiger partial charge in [-0.1, -0.05) is 22.9 Å². The number of ether oxygens (including phenoxy) is 2. The number of benzene rings is 1. The summed E-state index contributed by atoms with van der Waals surface area (Å²) in [5.41, 5.74) is 1.49. The standard InChI is InChI=1S/C23H20BrFN2O5/c1-3-23(30)15-7-18-20-13(9-27(18)21(28)14(15)10-32-22(23)29)11(2)12-6-19(31-5-4-24)16(25)8-17(12)26-20/h6-8,30H,3-5,9-10H2,1-2H3/t23-/m0/s1. The van der Waals surface area contributed by atoms with Gasteiger partial charge in [0.05, 0.1) is 35.6 Å². The van der Waals surface area contributed by atoms with Crippen LogP contribution in [0.25, 0.3) is 22.3 Å². The largest absolute Gasteiger partial charge is 0.490 e. The molecule has 2 aromatic heterocycles. The quantitative estimate of drug-likeness (QED) is 0.340. The monoisotopic (exact) mass is 502 g/mol. The molecule has 7 nitrogen and oxygen atoms in total. The van der Waals surface area contributed by atoms with Gasteiger partial charge in [-0.3, -0.25) is 4.79 Å². The number of aliphatic hydroxyl groups is 1. The van der Waals surface area contributed by atoms with Crippen molar-refractivity contribution >= 4 is 32.8 Å². The number of rotatable bonds is 4. The fraction of sp³-hybridized carbons (Fsp3) is 0.348. The maximum atomic E-state index is 14.6. The molecule has 0 saturated heterocycles. The number of cyclic esters (lactones) is 1. The lowest BCUT2D eigenvalue weighted by molar-refractivity contribution is -0.172. The van der Waals surface area contributed by atoms with Crippen molar-refractivity contribution in [2.45, 2.75) is 39.0 Å². The third-order valence-corrected chi connectivity index (χ3v) is 6.69. The molecule has 0 bridgehead atoms. The number of carbonyl (C=O) groups is 1. The number of esters is 1. The van der Waals surface area contributed by atoms with Crippen LogP contribution in [0.15, 0.2) is 23.0 Å². The lowest BCUT2D eigenvalue weighted by atomic mass is 9.86. The molecule has 9 heteroatoms. The molecule has 1 N–H and O–H groups in total. The third kappa shape index (κ3) is 2.84. The van der Waals surface area contributed by atoms with Gasteiger partial charge in [0.25, 0.3) is 5.56 Å². The molecular formula is C23H20BrFN2O5. The summed E-state index contributed by atoms with van der Waals surface area (Å²) in [4.78, 5) is 30.2. The fourth-order valence-corrected chi connectivity index (χ4v) is 4.70. The molecule has 3 aromatic rings. The highest BCUT2D eigenvalue weighted by Crippen LogP contribution is 2.40. The van der Waals surface area contributed by atoms with E-state index in [4.69, 9.17) is 9.47 Å². The number of carbonyl (C=O) groups excluding carboxylic acids is 1. The summed E-state index contributed by atoms with van der Waals surface area (Å²) in [6, 6.07) is 4.61. The molecular weight excluding hydrogens is 483 g/mol. The Morgan fingerprint density at radius 1 is 1.31 bits per heavy atom. The number of nitrogens with zero attached hydrogens (tertiary/aromatic N) is 2. The minimum Gasteiger partial charge on any atom is -0.490 e. The Hall–Kier alpha value is -2.78. The van der Waals surface area contributed by atoms with Crippen LogP contribution in [-0.4, -0.2) is 32.6 Å². The van der Waals surface area contributed by atoms with Gasteiger partial charge in [-0.25, -0.2) is 14.2 Å². The van der Waals surface area contributed by atoms with Gasteiger partial charge in [-0.05, 0) is 31.0 Å². The topological polar surface area (TPSA) is 90.7 Å². The van der Waals surface area contributed by atoms with E-state index in [1.807, 2.05) is 6.92 Å². The molecule has 0 fully saturated rings. The molecule has 0 unspecified atom stereocenters. The molecule has 0 amide bonds. The number of halogens is 2. The van der Waals surface area contributed by atoms with Gasteiger partial charge in [0.2, 0.25) is 0 Å². The number of pyridine rings is 2. The van der Waals surface area contributed by atoms with E-state index in [1.165, 1.54) is 6.07 Å². The van der Waals surface area contributed by atoms with Gasteiger partial charge in [-0.2, -0.15) is 0 Å². The summed E-state index contributed by atoms with van der Waals surface area (Å²) in [6.07, 6.45) is 0.0706. The number of hydrogen-bond acceptors (Lipinski definition) is 6. The first-order valence-corrected chi connectivity index (χ1v) is 11.4. The molecule has 2 aliphatic heterocycles. The molecule has 2 aliphatic rings. The van der Waals surface area contributed by atoms with Crippen LogP contribution in [-0.2, 0) is 28.3 Å². The lowest BCUT2D eigenvalue weighted by Gasteiger charge is -2.31. The molecule has 32 heavy (non-hydrogen) atoms. The first-order chi connectivity index (χ1) is 15.3. The van der Waals surface area contributed by atoms with E-state index in [1.54, 1.807) is 23.6 Å². The zero-order chi connectivity index (χ0) is 22.8. The van der Waals surface area contributed by atoms with Crippen molar-refractivity contribution in [1.29, 1.82) is 0 Å². The summed E-state index contributed by atoms with van der Waals surface area (Å²) in [5, 5.41) is 12.3. The van der Waals surface area contributed by atoms with Gasteiger partial charge < -0.3 is 19.1 Å². The van der Waals surface area contributed by atoms with Gasteiger partial charge in [0.15, 0.2) is 17.2 Å². The minimum absolute atomic E-state index is 0.0706. The van der Waals surface area contributed by atoms with Crippen LogP contribution in [0.3, 0.4) is 0 Å². The van der Waals surface area contributed by atoms with Crippen molar-refractivity contribution in [3.8, 4) is 17.1 Å². The van der Waals surface area contributed by atoms with Crippen LogP contribution in [0, 0.1) is 12.7 Å². The average molecular weight is 503 g/mol. The van der Waals surface area contributed by atoms with Crippen LogP contribution in [0.2, 0.25) is 0 Å². The minimum atomic E-state index is -1.88. The van der Waals surface area contributed by atoms with Crippen molar-refractivity contribution in [3.05, 3.63) is 56.6 Å². The highest BCUT2D eigenvalue weighted by molar-refractivity contribution is 9.09. The van der Waals surface area contributed by atoms with E-state index in [-0.39, 0.29) is 35.5 Å². The Kier molecular flexibility index (Phi) is 4.86. The highest BCUT2D eigenvalue weighted by Gasteiger charge is 2.45. The summed E-state index contributed by atoms with van der Waals surface area (Å²) >= 11 is 3.26. The van der Waals surface area contributed by atoms with Crippen molar-refractivity contribution < 1.29 is 23.8 Å².